The molecule has 3 nitrogen and oxygen atoms in total. The molecular weight excluding hydrogens is 250 g/mol. The standard InChI is InChI=1S/C17H29NO2/c1-4-15(2)16-7-9-17(10-8-16)20-14-6-12-18-11-5-13-19-3/h7-10,15,18H,4-6,11-14H2,1-3H3. The van der Waals surface area contributed by atoms with Gasteiger partial charge in [-0.1, -0.05) is 26.0 Å². The lowest BCUT2D eigenvalue weighted by molar-refractivity contribution is 0.194. The fourth-order valence-corrected chi connectivity index (χ4v) is 1.98. The second-order valence-corrected chi connectivity index (χ2v) is 5.18. The molecule has 0 radical (unpaired) electrons. The van der Waals surface area contributed by atoms with Gasteiger partial charge in [-0.05, 0) is 56.0 Å². The molecule has 1 aromatic rings. The Morgan fingerprint density at radius 2 is 1.70 bits per heavy atom. The summed E-state index contributed by atoms with van der Waals surface area (Å²) < 4.78 is 10.7. The highest BCUT2D eigenvalue weighted by Crippen LogP contribution is 2.21. The van der Waals surface area contributed by atoms with Crippen LogP contribution in [0.2, 0.25) is 0 Å². The van der Waals surface area contributed by atoms with Crippen molar-refractivity contribution in [3.05, 3.63) is 29.8 Å². The summed E-state index contributed by atoms with van der Waals surface area (Å²) in [6, 6.07) is 8.50. The van der Waals surface area contributed by atoms with Crippen LogP contribution in [0, 0.1) is 0 Å². The fraction of sp³-hybridized carbons (Fsp3) is 0.647. The Morgan fingerprint density at radius 3 is 2.30 bits per heavy atom. The minimum absolute atomic E-state index is 0.625. The smallest absolute Gasteiger partial charge is 0.119 e. The molecule has 0 amide bonds. The molecule has 1 aromatic carbocycles. The maximum absolute atomic E-state index is 5.74. The maximum Gasteiger partial charge on any atom is 0.119 e. The number of benzene rings is 1. The number of hydrogen-bond donors (Lipinski definition) is 1. The van der Waals surface area contributed by atoms with E-state index in [-0.39, 0.29) is 0 Å². The molecule has 1 unspecified atom stereocenters. The van der Waals surface area contributed by atoms with Gasteiger partial charge in [0.15, 0.2) is 0 Å². The summed E-state index contributed by atoms with van der Waals surface area (Å²) in [7, 11) is 1.74. The molecule has 1 atom stereocenters. The molecule has 0 heterocycles. The van der Waals surface area contributed by atoms with Crippen molar-refractivity contribution < 1.29 is 9.47 Å². The number of methoxy groups -OCH3 is 1. The van der Waals surface area contributed by atoms with Gasteiger partial charge in [-0.25, -0.2) is 0 Å². The number of hydrogen-bond acceptors (Lipinski definition) is 3. The summed E-state index contributed by atoms with van der Waals surface area (Å²) in [6.45, 7) is 8.07. The second kappa shape index (κ2) is 10.7. The van der Waals surface area contributed by atoms with E-state index in [0.29, 0.717) is 5.92 Å². The zero-order chi connectivity index (χ0) is 14.6. The monoisotopic (exact) mass is 279 g/mol. The van der Waals surface area contributed by atoms with Crippen LogP contribution in [-0.4, -0.2) is 33.4 Å². The van der Waals surface area contributed by atoms with Crippen LogP contribution in [0.25, 0.3) is 0 Å². The third-order valence-electron chi connectivity index (χ3n) is 3.53. The van der Waals surface area contributed by atoms with Crippen molar-refractivity contribution in [3.63, 3.8) is 0 Å². The van der Waals surface area contributed by atoms with Crippen molar-refractivity contribution >= 4 is 0 Å². The van der Waals surface area contributed by atoms with Gasteiger partial charge < -0.3 is 14.8 Å². The maximum atomic E-state index is 5.74. The van der Waals surface area contributed by atoms with Crippen LogP contribution in [0.4, 0.5) is 0 Å². The summed E-state index contributed by atoms with van der Waals surface area (Å²) in [5, 5.41) is 3.38. The molecule has 0 fully saturated rings. The predicted octanol–water partition coefficient (Wildman–Crippen LogP) is 3.60. The van der Waals surface area contributed by atoms with E-state index in [1.165, 1.54) is 12.0 Å². The molecule has 3 heteroatoms. The Hall–Kier alpha value is -1.06. The van der Waals surface area contributed by atoms with Crippen molar-refractivity contribution in [2.24, 2.45) is 0 Å². The van der Waals surface area contributed by atoms with E-state index < -0.39 is 0 Å². The Morgan fingerprint density at radius 1 is 1.05 bits per heavy atom. The summed E-state index contributed by atoms with van der Waals surface area (Å²) >= 11 is 0. The lowest BCUT2D eigenvalue weighted by Gasteiger charge is -2.11. The topological polar surface area (TPSA) is 30.5 Å². The Kier molecular flexibility index (Phi) is 9.09. The molecule has 1 N–H and O–H groups in total. The van der Waals surface area contributed by atoms with Crippen LogP contribution < -0.4 is 10.1 Å². The zero-order valence-corrected chi connectivity index (χ0v) is 13.2. The minimum Gasteiger partial charge on any atom is -0.494 e. The number of rotatable bonds is 11. The van der Waals surface area contributed by atoms with Gasteiger partial charge in [0, 0.05) is 13.7 Å². The van der Waals surface area contributed by atoms with E-state index in [0.717, 1.165) is 44.9 Å². The normalized spacial score (nSPS) is 12.3. The van der Waals surface area contributed by atoms with E-state index in [9.17, 15) is 0 Å². The molecule has 0 saturated heterocycles. The molecule has 20 heavy (non-hydrogen) atoms. The third kappa shape index (κ3) is 6.92. The molecule has 0 bridgehead atoms. The first-order valence-corrected chi connectivity index (χ1v) is 7.70. The lowest BCUT2D eigenvalue weighted by atomic mass is 9.99. The molecule has 1 rings (SSSR count). The van der Waals surface area contributed by atoms with Gasteiger partial charge >= 0.3 is 0 Å². The summed E-state index contributed by atoms with van der Waals surface area (Å²) in [6.07, 6.45) is 3.27. The van der Waals surface area contributed by atoms with Crippen molar-refractivity contribution in [2.45, 2.75) is 39.0 Å². The van der Waals surface area contributed by atoms with E-state index in [1.54, 1.807) is 7.11 Å². The molecule has 0 aliphatic heterocycles. The van der Waals surface area contributed by atoms with Crippen LogP contribution in [0.15, 0.2) is 24.3 Å². The van der Waals surface area contributed by atoms with Gasteiger partial charge in [-0.3, -0.25) is 0 Å². The molecular formula is C17H29NO2. The van der Waals surface area contributed by atoms with E-state index in [1.807, 2.05) is 0 Å². The first-order chi connectivity index (χ1) is 9.77. The van der Waals surface area contributed by atoms with Gasteiger partial charge in [-0.2, -0.15) is 0 Å². The van der Waals surface area contributed by atoms with Crippen LogP contribution in [-0.2, 0) is 4.74 Å². The van der Waals surface area contributed by atoms with Gasteiger partial charge in [0.1, 0.15) is 5.75 Å². The van der Waals surface area contributed by atoms with Gasteiger partial charge in [0.25, 0.3) is 0 Å². The number of nitrogens with one attached hydrogen (secondary N) is 1. The van der Waals surface area contributed by atoms with Crippen LogP contribution in [0.5, 0.6) is 5.75 Å². The Balaban J connectivity index is 2.10. The minimum atomic E-state index is 0.625. The van der Waals surface area contributed by atoms with Crippen molar-refractivity contribution in [2.75, 3.05) is 33.4 Å². The highest BCUT2D eigenvalue weighted by Gasteiger charge is 2.02. The Bertz CT molecular complexity index is 337. The third-order valence-corrected chi connectivity index (χ3v) is 3.53. The number of ether oxygens (including phenoxy) is 2. The van der Waals surface area contributed by atoms with Gasteiger partial charge in [0.2, 0.25) is 0 Å². The second-order valence-electron chi connectivity index (χ2n) is 5.18. The molecule has 0 aliphatic rings. The largest absolute Gasteiger partial charge is 0.494 e. The molecule has 0 spiro atoms. The van der Waals surface area contributed by atoms with Crippen molar-refractivity contribution in [3.8, 4) is 5.75 Å². The zero-order valence-electron chi connectivity index (χ0n) is 13.2. The summed E-state index contributed by atoms with van der Waals surface area (Å²) in [5.41, 5.74) is 1.39. The molecule has 0 saturated carbocycles. The first-order valence-electron chi connectivity index (χ1n) is 7.70. The highest BCUT2D eigenvalue weighted by atomic mass is 16.5. The average molecular weight is 279 g/mol. The van der Waals surface area contributed by atoms with Crippen LogP contribution in [0.3, 0.4) is 0 Å². The van der Waals surface area contributed by atoms with Crippen molar-refractivity contribution in [1.29, 1.82) is 0 Å². The fourth-order valence-electron chi connectivity index (χ4n) is 1.98. The van der Waals surface area contributed by atoms with Gasteiger partial charge in [-0.15, -0.1) is 0 Å². The highest BCUT2D eigenvalue weighted by molar-refractivity contribution is 5.29. The van der Waals surface area contributed by atoms with E-state index in [2.05, 4.69) is 43.4 Å². The SMILES string of the molecule is CCC(C)c1ccc(OCCCNCCCOC)cc1. The first kappa shape index (κ1) is 17.0. The van der Waals surface area contributed by atoms with Gasteiger partial charge in [0.05, 0.1) is 6.61 Å². The average Bonchev–Trinajstić information content (AvgIpc) is 2.50. The van der Waals surface area contributed by atoms with Crippen molar-refractivity contribution in [1.82, 2.24) is 5.32 Å². The molecule has 114 valence electrons. The summed E-state index contributed by atoms with van der Waals surface area (Å²) in [5.74, 6) is 1.59. The predicted molar refractivity (Wildman–Crippen MR) is 84.6 cm³/mol. The van der Waals surface area contributed by atoms with E-state index in [4.69, 9.17) is 9.47 Å². The quantitative estimate of drug-likeness (QED) is 0.628. The Labute approximate surface area is 123 Å². The molecule has 0 aliphatic carbocycles. The lowest BCUT2D eigenvalue weighted by Crippen LogP contribution is -2.19. The van der Waals surface area contributed by atoms with E-state index >= 15 is 0 Å². The summed E-state index contributed by atoms with van der Waals surface area (Å²) in [4.78, 5) is 0. The molecule has 0 aromatic heterocycles. The van der Waals surface area contributed by atoms with Crippen LogP contribution >= 0.6 is 0 Å². The van der Waals surface area contributed by atoms with Crippen LogP contribution in [0.1, 0.15) is 44.6 Å².